The molecule has 0 unspecified atom stereocenters. The van der Waals surface area contributed by atoms with Crippen LogP contribution in [0.5, 0.6) is 0 Å². The number of hydrogen-bond donors (Lipinski definition) is 1. The van der Waals surface area contributed by atoms with Crippen molar-refractivity contribution in [3.05, 3.63) is 59.9 Å². The number of aromatic nitrogens is 4. The number of rotatable bonds is 5. The van der Waals surface area contributed by atoms with Gasteiger partial charge in [0.05, 0.1) is 24.1 Å². The number of morpholine rings is 1. The van der Waals surface area contributed by atoms with E-state index in [4.69, 9.17) is 9.26 Å². The molecule has 6 rings (SSSR count). The second-order valence-electron chi connectivity index (χ2n) is 10.3. The summed E-state index contributed by atoms with van der Waals surface area (Å²) in [5.41, 5.74) is 4.09. The van der Waals surface area contributed by atoms with Crippen LogP contribution >= 0.6 is 0 Å². The van der Waals surface area contributed by atoms with Crippen molar-refractivity contribution in [2.24, 2.45) is 0 Å². The lowest BCUT2D eigenvalue weighted by atomic mass is 9.81. The number of imidazole rings is 1. The highest BCUT2D eigenvalue weighted by atomic mass is 19.3. The summed E-state index contributed by atoms with van der Waals surface area (Å²) >= 11 is 0. The van der Waals surface area contributed by atoms with E-state index in [2.05, 4.69) is 39.2 Å². The Morgan fingerprint density at radius 1 is 1.13 bits per heavy atom. The zero-order valence-corrected chi connectivity index (χ0v) is 21.3. The average molecular weight is 523 g/mol. The first-order chi connectivity index (χ1) is 18.1. The van der Waals surface area contributed by atoms with Gasteiger partial charge in [0.2, 0.25) is 17.6 Å². The van der Waals surface area contributed by atoms with Crippen molar-refractivity contribution in [1.29, 1.82) is 0 Å². The molecule has 2 fully saturated rings. The normalized spacial score (nSPS) is 21.4. The van der Waals surface area contributed by atoms with Gasteiger partial charge in [-0.25, -0.2) is 13.8 Å². The number of fused-ring (bicyclic) bond motifs is 1. The summed E-state index contributed by atoms with van der Waals surface area (Å²) in [6.45, 7) is 7.51. The number of alkyl halides is 2. The molecule has 1 aliphatic heterocycles. The minimum absolute atomic E-state index is 0.111. The second kappa shape index (κ2) is 9.16. The number of carbonyl (C=O) groups excluding carboxylic acids is 1. The van der Waals surface area contributed by atoms with E-state index in [0.717, 1.165) is 24.3 Å². The van der Waals surface area contributed by atoms with Crippen molar-refractivity contribution in [1.82, 2.24) is 19.5 Å². The topological polar surface area (TPSA) is 97.8 Å². The number of nitrogens with one attached hydrogen (secondary N) is 1. The molecule has 0 spiro atoms. The monoisotopic (exact) mass is 522 g/mol. The summed E-state index contributed by atoms with van der Waals surface area (Å²) in [6.07, 6.45) is 3.14. The fourth-order valence-corrected chi connectivity index (χ4v) is 5.15. The molecule has 38 heavy (non-hydrogen) atoms. The van der Waals surface area contributed by atoms with Crippen LogP contribution < -0.4 is 10.2 Å². The third kappa shape index (κ3) is 4.62. The van der Waals surface area contributed by atoms with E-state index >= 15 is 0 Å². The van der Waals surface area contributed by atoms with Crippen LogP contribution in [0.2, 0.25) is 0 Å². The first-order valence-corrected chi connectivity index (χ1v) is 12.7. The maximum absolute atomic E-state index is 13.4. The first kappa shape index (κ1) is 24.5. The van der Waals surface area contributed by atoms with Gasteiger partial charge >= 0.3 is 0 Å². The van der Waals surface area contributed by atoms with Gasteiger partial charge in [0.25, 0.3) is 5.91 Å². The third-order valence-electron chi connectivity index (χ3n) is 7.13. The zero-order valence-electron chi connectivity index (χ0n) is 21.3. The largest absolute Gasteiger partial charge is 0.372 e. The molecule has 1 aromatic carbocycles. The highest BCUT2D eigenvalue weighted by molar-refractivity contribution is 6.04. The number of amides is 1. The number of aryl methyl sites for hydroxylation is 1. The first-order valence-electron chi connectivity index (χ1n) is 12.7. The van der Waals surface area contributed by atoms with Crippen LogP contribution in [0.3, 0.4) is 0 Å². The van der Waals surface area contributed by atoms with E-state index < -0.39 is 11.8 Å². The van der Waals surface area contributed by atoms with Crippen LogP contribution in [0.25, 0.3) is 17.0 Å². The van der Waals surface area contributed by atoms with Gasteiger partial charge < -0.3 is 19.5 Å². The Hall–Kier alpha value is -3.86. The van der Waals surface area contributed by atoms with E-state index in [1.54, 1.807) is 22.7 Å². The lowest BCUT2D eigenvalue weighted by molar-refractivity contribution is -0.0925. The Morgan fingerprint density at radius 2 is 1.89 bits per heavy atom. The van der Waals surface area contributed by atoms with E-state index in [0.29, 0.717) is 28.4 Å². The molecule has 198 valence electrons. The molecule has 2 aliphatic rings. The lowest BCUT2D eigenvalue weighted by Crippen LogP contribution is -2.45. The number of benzene rings is 1. The number of hydrogen-bond acceptors (Lipinski definition) is 7. The minimum atomic E-state index is -2.67. The van der Waals surface area contributed by atoms with Crippen LogP contribution in [0.4, 0.5) is 20.2 Å². The molecule has 1 saturated carbocycles. The predicted octanol–water partition coefficient (Wildman–Crippen LogP) is 5.07. The standard InChI is InChI=1S/C27H28F2N6O3/c1-15-4-5-18(24-32-26(38-33-24)19-9-27(28,29)10-19)8-21(15)31-25(36)22-11-30-23-7-6-20(14-35(22)23)34-12-16(2)37-17(3)13-34/h4-8,11,14,16-17,19H,9-10,12-13H2,1-3H3,(H,31,36)/t16-,17+. The summed E-state index contributed by atoms with van der Waals surface area (Å²) in [7, 11) is 0. The summed E-state index contributed by atoms with van der Waals surface area (Å²) in [6, 6.07) is 9.30. The minimum Gasteiger partial charge on any atom is -0.372 e. The summed E-state index contributed by atoms with van der Waals surface area (Å²) in [5, 5.41) is 6.94. The summed E-state index contributed by atoms with van der Waals surface area (Å²) in [4.78, 5) is 24.3. The second-order valence-corrected chi connectivity index (χ2v) is 10.3. The van der Waals surface area contributed by atoms with Gasteiger partial charge in [-0.3, -0.25) is 9.20 Å². The average Bonchev–Trinajstić information content (AvgIpc) is 3.50. The smallest absolute Gasteiger partial charge is 0.274 e. The van der Waals surface area contributed by atoms with Gasteiger partial charge in [-0.1, -0.05) is 17.3 Å². The number of anilines is 2. The molecule has 1 N–H and O–H groups in total. The van der Waals surface area contributed by atoms with Crippen LogP contribution in [-0.2, 0) is 4.74 Å². The van der Waals surface area contributed by atoms with Crippen molar-refractivity contribution in [2.75, 3.05) is 23.3 Å². The molecule has 2 atom stereocenters. The van der Waals surface area contributed by atoms with E-state index in [9.17, 15) is 13.6 Å². The molecule has 0 radical (unpaired) electrons. The number of nitrogens with zero attached hydrogens (tertiary/aromatic N) is 5. The number of halogens is 2. The predicted molar refractivity (Wildman–Crippen MR) is 137 cm³/mol. The van der Waals surface area contributed by atoms with E-state index in [1.807, 2.05) is 31.3 Å². The number of carbonyl (C=O) groups is 1. The van der Waals surface area contributed by atoms with Gasteiger partial charge in [0.1, 0.15) is 11.3 Å². The number of pyridine rings is 1. The van der Waals surface area contributed by atoms with Gasteiger partial charge in [0, 0.05) is 49.3 Å². The Morgan fingerprint density at radius 3 is 2.63 bits per heavy atom. The van der Waals surface area contributed by atoms with Crippen LogP contribution in [0.1, 0.15) is 54.5 Å². The van der Waals surface area contributed by atoms with Gasteiger partial charge in [-0.15, -0.1) is 0 Å². The molecule has 3 aromatic heterocycles. The Kier molecular flexibility index (Phi) is 5.90. The molecule has 11 heteroatoms. The fourth-order valence-electron chi connectivity index (χ4n) is 5.15. The van der Waals surface area contributed by atoms with Crippen molar-refractivity contribution in [3.8, 4) is 11.4 Å². The van der Waals surface area contributed by atoms with Crippen molar-refractivity contribution < 1.29 is 22.8 Å². The maximum atomic E-state index is 13.4. The van der Waals surface area contributed by atoms with Crippen LogP contribution in [0.15, 0.2) is 47.2 Å². The van der Waals surface area contributed by atoms with E-state index in [1.165, 1.54) is 0 Å². The highest BCUT2D eigenvalue weighted by Crippen LogP contribution is 2.48. The van der Waals surface area contributed by atoms with Crippen molar-refractivity contribution in [2.45, 2.75) is 57.7 Å². The summed E-state index contributed by atoms with van der Waals surface area (Å²) < 4.78 is 39.4. The van der Waals surface area contributed by atoms with Gasteiger partial charge in [-0.05, 0) is 44.5 Å². The highest BCUT2D eigenvalue weighted by Gasteiger charge is 2.48. The fraction of sp³-hybridized carbons (Fsp3) is 0.407. The molecule has 1 aliphatic carbocycles. The Balaban J connectivity index is 1.23. The van der Waals surface area contributed by atoms with Crippen LogP contribution in [-0.4, -0.2) is 56.7 Å². The molecular weight excluding hydrogens is 494 g/mol. The molecule has 4 heterocycles. The quantitative estimate of drug-likeness (QED) is 0.391. The maximum Gasteiger partial charge on any atom is 0.274 e. The Bertz CT molecular complexity index is 1500. The SMILES string of the molecule is Cc1ccc(-c2noc(C3CC(F)(F)C3)n2)cc1NC(=O)c1cnc2ccc(N3C[C@@H](C)O[C@@H](C)C3)cn12. The zero-order chi connectivity index (χ0) is 26.6. The lowest BCUT2D eigenvalue weighted by Gasteiger charge is -2.36. The molecule has 9 nitrogen and oxygen atoms in total. The molecular formula is C27H28F2N6O3. The van der Waals surface area contributed by atoms with Gasteiger partial charge in [0.15, 0.2) is 0 Å². The Labute approximate surface area is 217 Å². The molecule has 1 saturated heterocycles. The number of ether oxygens (including phenoxy) is 1. The van der Waals surface area contributed by atoms with E-state index in [-0.39, 0.29) is 36.8 Å². The van der Waals surface area contributed by atoms with Crippen molar-refractivity contribution in [3.63, 3.8) is 0 Å². The van der Waals surface area contributed by atoms with Crippen molar-refractivity contribution >= 4 is 22.9 Å². The summed E-state index contributed by atoms with van der Waals surface area (Å²) in [5.74, 6) is -2.91. The van der Waals surface area contributed by atoms with Crippen LogP contribution in [0, 0.1) is 6.92 Å². The molecule has 4 aromatic rings. The third-order valence-corrected chi connectivity index (χ3v) is 7.13. The molecule has 1 amide bonds. The molecule has 0 bridgehead atoms. The van der Waals surface area contributed by atoms with Gasteiger partial charge in [-0.2, -0.15) is 4.98 Å².